The van der Waals surface area contributed by atoms with Gasteiger partial charge in [0, 0.05) is 18.3 Å². The fourth-order valence-corrected chi connectivity index (χ4v) is 0.587. The molecule has 0 spiro atoms. The lowest BCUT2D eigenvalue weighted by Gasteiger charge is -1.90. The number of nitrogens with two attached hydrogens (primary N) is 1. The van der Waals surface area contributed by atoms with Crippen LogP contribution in [0.2, 0.25) is 0 Å². The van der Waals surface area contributed by atoms with Crippen molar-refractivity contribution < 1.29 is 0 Å². The maximum absolute atomic E-state index is 6.90. The summed E-state index contributed by atoms with van der Waals surface area (Å²) in [6.45, 7) is 0. The quantitative estimate of drug-likeness (QED) is 0.380. The van der Waals surface area contributed by atoms with E-state index in [0.29, 0.717) is 6.42 Å². The number of imidazole rings is 1. The first kappa shape index (κ1) is 5.81. The van der Waals surface area contributed by atoms with E-state index in [4.69, 9.17) is 11.1 Å². The summed E-state index contributed by atoms with van der Waals surface area (Å²) in [5, 5.41) is 6.90. The van der Waals surface area contributed by atoms with Crippen LogP contribution < -0.4 is 5.73 Å². The SMILES string of the molecule is N=C(N)Cc1cnc[nH]1. The smallest absolute Gasteiger partial charge is 0.0965 e. The van der Waals surface area contributed by atoms with E-state index in [2.05, 4.69) is 9.97 Å². The summed E-state index contributed by atoms with van der Waals surface area (Å²) in [4.78, 5) is 6.60. The van der Waals surface area contributed by atoms with Gasteiger partial charge in [0.25, 0.3) is 0 Å². The summed E-state index contributed by atoms with van der Waals surface area (Å²) in [5.74, 6) is 0.152. The second-order valence-electron chi connectivity index (χ2n) is 1.78. The van der Waals surface area contributed by atoms with E-state index >= 15 is 0 Å². The molecular formula is C5H8N4. The van der Waals surface area contributed by atoms with Crippen LogP contribution in [-0.2, 0) is 6.42 Å². The maximum atomic E-state index is 6.90. The van der Waals surface area contributed by atoms with Crippen LogP contribution in [0.4, 0.5) is 0 Å². The summed E-state index contributed by atoms with van der Waals surface area (Å²) in [6, 6.07) is 0. The third-order valence-corrected chi connectivity index (χ3v) is 0.936. The molecule has 0 saturated carbocycles. The van der Waals surface area contributed by atoms with Gasteiger partial charge in [-0.25, -0.2) is 4.98 Å². The molecule has 0 bridgehead atoms. The van der Waals surface area contributed by atoms with Crippen LogP contribution in [0.1, 0.15) is 5.69 Å². The minimum atomic E-state index is 0.152. The van der Waals surface area contributed by atoms with Gasteiger partial charge in [0.1, 0.15) is 0 Å². The molecule has 0 atom stereocenters. The Morgan fingerprint density at radius 3 is 3.11 bits per heavy atom. The lowest BCUT2D eigenvalue weighted by Crippen LogP contribution is -2.12. The van der Waals surface area contributed by atoms with Gasteiger partial charge in [-0.15, -0.1) is 0 Å². The van der Waals surface area contributed by atoms with Gasteiger partial charge in [-0.3, -0.25) is 5.41 Å². The van der Waals surface area contributed by atoms with E-state index in [1.165, 1.54) is 0 Å². The molecule has 4 N–H and O–H groups in total. The predicted octanol–water partition coefficient (Wildman–Crippen LogP) is -0.112. The minimum absolute atomic E-state index is 0.152. The Kier molecular flexibility index (Phi) is 1.48. The Hall–Kier alpha value is -1.32. The number of aromatic amines is 1. The third kappa shape index (κ3) is 1.56. The van der Waals surface area contributed by atoms with E-state index < -0.39 is 0 Å². The van der Waals surface area contributed by atoms with Crippen molar-refractivity contribution in [3.8, 4) is 0 Å². The normalized spacial score (nSPS) is 9.33. The molecule has 0 unspecified atom stereocenters. The van der Waals surface area contributed by atoms with Gasteiger partial charge in [-0.05, 0) is 0 Å². The molecule has 1 heterocycles. The summed E-state index contributed by atoms with van der Waals surface area (Å²) in [5.41, 5.74) is 6.00. The standard InChI is InChI=1S/C5H8N4/c6-5(7)1-4-2-8-3-9-4/h2-3H,1H2,(H3,6,7)(H,8,9). The number of nitrogens with one attached hydrogen (secondary N) is 2. The average molecular weight is 124 g/mol. The molecule has 48 valence electrons. The van der Waals surface area contributed by atoms with E-state index in [1.54, 1.807) is 12.5 Å². The van der Waals surface area contributed by atoms with Crippen LogP contribution in [-0.4, -0.2) is 15.8 Å². The van der Waals surface area contributed by atoms with Gasteiger partial charge in [0.05, 0.1) is 12.2 Å². The zero-order chi connectivity index (χ0) is 6.69. The first-order valence-electron chi connectivity index (χ1n) is 2.59. The number of hydrogen-bond donors (Lipinski definition) is 3. The highest BCUT2D eigenvalue weighted by molar-refractivity contribution is 5.78. The van der Waals surface area contributed by atoms with Crippen LogP contribution in [0.5, 0.6) is 0 Å². The van der Waals surface area contributed by atoms with E-state index in [-0.39, 0.29) is 5.84 Å². The summed E-state index contributed by atoms with van der Waals surface area (Å²) in [7, 11) is 0. The molecule has 0 aromatic carbocycles. The predicted molar refractivity (Wildman–Crippen MR) is 34.2 cm³/mol. The fourth-order valence-electron chi connectivity index (χ4n) is 0.587. The molecule has 0 aliphatic carbocycles. The van der Waals surface area contributed by atoms with Crippen molar-refractivity contribution in [1.29, 1.82) is 5.41 Å². The molecule has 0 amide bonds. The Morgan fingerprint density at radius 1 is 1.89 bits per heavy atom. The molecule has 0 aliphatic heterocycles. The van der Waals surface area contributed by atoms with Crippen LogP contribution >= 0.6 is 0 Å². The molecule has 0 aliphatic rings. The molecule has 4 heteroatoms. The van der Waals surface area contributed by atoms with E-state index in [9.17, 15) is 0 Å². The van der Waals surface area contributed by atoms with Gasteiger partial charge in [0.15, 0.2) is 0 Å². The second-order valence-corrected chi connectivity index (χ2v) is 1.78. The molecular weight excluding hydrogens is 116 g/mol. The minimum Gasteiger partial charge on any atom is -0.387 e. The first-order chi connectivity index (χ1) is 4.29. The zero-order valence-corrected chi connectivity index (χ0v) is 4.89. The molecule has 4 nitrogen and oxygen atoms in total. The number of nitrogens with zero attached hydrogens (tertiary/aromatic N) is 1. The van der Waals surface area contributed by atoms with Crippen molar-refractivity contribution in [1.82, 2.24) is 9.97 Å². The van der Waals surface area contributed by atoms with Gasteiger partial charge >= 0.3 is 0 Å². The van der Waals surface area contributed by atoms with Gasteiger partial charge in [-0.1, -0.05) is 0 Å². The highest BCUT2D eigenvalue weighted by Gasteiger charge is 1.93. The monoisotopic (exact) mass is 124 g/mol. The van der Waals surface area contributed by atoms with Crippen LogP contribution in [0, 0.1) is 5.41 Å². The molecule has 1 aromatic rings. The van der Waals surface area contributed by atoms with Crippen LogP contribution in [0.3, 0.4) is 0 Å². The fraction of sp³-hybridized carbons (Fsp3) is 0.200. The topological polar surface area (TPSA) is 78.6 Å². The van der Waals surface area contributed by atoms with Gasteiger partial charge < -0.3 is 10.7 Å². The Bertz CT molecular complexity index is 189. The Morgan fingerprint density at radius 2 is 2.67 bits per heavy atom. The maximum Gasteiger partial charge on any atom is 0.0965 e. The summed E-state index contributed by atoms with van der Waals surface area (Å²) < 4.78 is 0. The highest BCUT2D eigenvalue weighted by Crippen LogP contribution is 1.89. The summed E-state index contributed by atoms with van der Waals surface area (Å²) in [6.07, 6.45) is 3.68. The lowest BCUT2D eigenvalue weighted by atomic mass is 10.3. The number of rotatable bonds is 2. The highest BCUT2D eigenvalue weighted by atomic mass is 14.9. The van der Waals surface area contributed by atoms with Crippen LogP contribution in [0.25, 0.3) is 0 Å². The van der Waals surface area contributed by atoms with Crippen molar-refractivity contribution in [2.75, 3.05) is 0 Å². The molecule has 0 fully saturated rings. The van der Waals surface area contributed by atoms with Crippen molar-refractivity contribution in [2.24, 2.45) is 5.73 Å². The summed E-state index contributed by atoms with van der Waals surface area (Å²) >= 11 is 0. The number of aromatic nitrogens is 2. The third-order valence-electron chi connectivity index (χ3n) is 0.936. The van der Waals surface area contributed by atoms with Gasteiger partial charge in [-0.2, -0.15) is 0 Å². The average Bonchev–Trinajstić information content (AvgIpc) is 2.15. The van der Waals surface area contributed by atoms with Crippen molar-refractivity contribution in [2.45, 2.75) is 6.42 Å². The Balaban J connectivity index is 2.58. The van der Waals surface area contributed by atoms with Crippen molar-refractivity contribution in [3.05, 3.63) is 18.2 Å². The molecule has 1 rings (SSSR count). The number of H-pyrrole nitrogens is 1. The number of hydrogen-bond acceptors (Lipinski definition) is 2. The van der Waals surface area contributed by atoms with E-state index in [0.717, 1.165) is 5.69 Å². The molecule has 0 radical (unpaired) electrons. The lowest BCUT2D eigenvalue weighted by molar-refractivity contribution is 1.15. The second kappa shape index (κ2) is 2.30. The Labute approximate surface area is 52.6 Å². The molecule has 9 heavy (non-hydrogen) atoms. The van der Waals surface area contributed by atoms with Crippen molar-refractivity contribution >= 4 is 5.84 Å². The molecule has 1 aromatic heterocycles. The van der Waals surface area contributed by atoms with E-state index in [1.807, 2.05) is 0 Å². The largest absolute Gasteiger partial charge is 0.387 e. The van der Waals surface area contributed by atoms with Gasteiger partial charge in [0.2, 0.25) is 0 Å². The number of amidine groups is 1. The molecule has 0 saturated heterocycles. The zero-order valence-electron chi connectivity index (χ0n) is 4.89. The van der Waals surface area contributed by atoms with Crippen LogP contribution in [0.15, 0.2) is 12.5 Å². The van der Waals surface area contributed by atoms with Crippen molar-refractivity contribution in [3.63, 3.8) is 0 Å². The first-order valence-corrected chi connectivity index (χ1v) is 2.59.